The lowest BCUT2D eigenvalue weighted by atomic mass is 9.43. The molecule has 0 spiro atoms. The molecule has 2 bridgehead atoms. The van der Waals surface area contributed by atoms with Crippen LogP contribution in [-0.2, 0) is 14.0 Å². The van der Waals surface area contributed by atoms with Crippen molar-refractivity contribution in [3.63, 3.8) is 0 Å². The zero-order chi connectivity index (χ0) is 28.2. The Morgan fingerprint density at radius 2 is 1.50 bits per heavy atom. The average Bonchev–Trinajstić information content (AvgIpc) is 3.32. The fourth-order valence-corrected chi connectivity index (χ4v) is 12.5. The van der Waals surface area contributed by atoms with Crippen LogP contribution in [0.2, 0.25) is 18.1 Å². The fourth-order valence-electron chi connectivity index (χ4n) is 9.56. The Kier molecular flexibility index (Phi) is 11.2. The van der Waals surface area contributed by atoms with Gasteiger partial charge in [-0.3, -0.25) is 4.79 Å². The summed E-state index contributed by atoms with van der Waals surface area (Å²) in [5.74, 6) is 1.60. The Bertz CT molecular complexity index is 763. The quantitative estimate of drug-likeness (QED) is 0.174. The minimum absolute atomic E-state index is 0.0334. The first kappa shape index (κ1) is 32.3. The van der Waals surface area contributed by atoms with Gasteiger partial charge in [0.1, 0.15) is 5.78 Å². The maximum absolute atomic E-state index is 14.7. The van der Waals surface area contributed by atoms with Crippen molar-refractivity contribution in [1.82, 2.24) is 0 Å². The van der Waals surface area contributed by atoms with E-state index in [1.54, 1.807) is 0 Å². The van der Waals surface area contributed by atoms with Crippen LogP contribution in [0.3, 0.4) is 0 Å². The maximum atomic E-state index is 14.7. The van der Waals surface area contributed by atoms with E-state index in [0.717, 1.165) is 63.2 Å². The molecule has 3 aliphatic carbocycles. The molecule has 3 fully saturated rings. The zero-order valence-corrected chi connectivity index (χ0v) is 27.5. The molecule has 0 aliphatic heterocycles. The van der Waals surface area contributed by atoms with Crippen LogP contribution < -0.4 is 5.73 Å². The number of rotatable bonds is 14. The van der Waals surface area contributed by atoms with Crippen molar-refractivity contribution in [2.75, 3.05) is 13.7 Å². The molecule has 0 saturated heterocycles. The Balaban J connectivity index is 2.02. The van der Waals surface area contributed by atoms with Crippen LogP contribution in [-0.4, -0.2) is 40.0 Å². The van der Waals surface area contributed by atoms with Crippen LogP contribution in [0.5, 0.6) is 0 Å². The minimum Gasteiger partial charge on any atom is -0.413 e. The number of carbonyl (C=O) groups excluding carboxylic acids is 1. The summed E-state index contributed by atoms with van der Waals surface area (Å²) in [6, 6.07) is 3.48. The third kappa shape index (κ3) is 5.74. The van der Waals surface area contributed by atoms with Crippen molar-refractivity contribution in [3.05, 3.63) is 0 Å². The van der Waals surface area contributed by atoms with Gasteiger partial charge in [0.2, 0.25) is 0 Å². The van der Waals surface area contributed by atoms with Crippen LogP contribution in [0, 0.1) is 34.0 Å². The molecular weight excluding hydrogens is 486 g/mol. The summed E-state index contributed by atoms with van der Waals surface area (Å²) in [4.78, 5) is 14.7. The van der Waals surface area contributed by atoms with E-state index >= 15 is 0 Å². The number of unbranched alkanes of at least 4 members (excludes halogenated alkanes) is 5. The van der Waals surface area contributed by atoms with Gasteiger partial charge in [-0.25, -0.2) is 0 Å². The lowest BCUT2D eigenvalue weighted by Gasteiger charge is -2.63. The first-order valence-electron chi connectivity index (χ1n) is 16.5. The maximum Gasteiger partial charge on any atom is 0.192 e. The smallest absolute Gasteiger partial charge is 0.192 e. The molecule has 3 aliphatic rings. The number of ketones is 1. The Hall–Kier alpha value is -0.233. The number of nitrogens with two attached hydrogens (primary N) is 1. The summed E-state index contributed by atoms with van der Waals surface area (Å²) in [6.07, 6.45) is 14.1. The van der Waals surface area contributed by atoms with E-state index < -0.39 is 8.32 Å². The Labute approximate surface area is 237 Å². The second kappa shape index (κ2) is 13.2. The van der Waals surface area contributed by atoms with Crippen molar-refractivity contribution < 1.29 is 14.0 Å². The molecule has 0 radical (unpaired) electrons. The normalized spacial score (nSPS) is 39.6. The van der Waals surface area contributed by atoms with Crippen LogP contribution in [0.15, 0.2) is 0 Å². The van der Waals surface area contributed by atoms with Gasteiger partial charge in [-0.1, -0.05) is 80.6 Å². The Morgan fingerprint density at radius 3 is 2.08 bits per heavy atom. The summed E-state index contributed by atoms with van der Waals surface area (Å²) in [6.45, 7) is 17.5. The molecule has 38 heavy (non-hydrogen) atoms. The largest absolute Gasteiger partial charge is 0.413 e. The molecule has 5 heteroatoms. The van der Waals surface area contributed by atoms with Gasteiger partial charge >= 0.3 is 0 Å². The van der Waals surface area contributed by atoms with Gasteiger partial charge in [-0.2, -0.15) is 0 Å². The van der Waals surface area contributed by atoms with Gasteiger partial charge < -0.3 is 14.9 Å². The van der Waals surface area contributed by atoms with Crippen molar-refractivity contribution in [1.29, 1.82) is 0 Å². The molecule has 2 N–H and O–H groups in total. The number of hydrogen-bond acceptors (Lipinski definition) is 4. The van der Waals surface area contributed by atoms with E-state index in [9.17, 15) is 4.79 Å². The van der Waals surface area contributed by atoms with E-state index in [1.807, 2.05) is 7.11 Å². The van der Waals surface area contributed by atoms with Crippen LogP contribution in [0.1, 0.15) is 126 Å². The highest BCUT2D eigenvalue weighted by atomic mass is 28.4. The van der Waals surface area contributed by atoms with Gasteiger partial charge in [0.25, 0.3) is 0 Å². The zero-order valence-electron chi connectivity index (χ0n) is 26.5. The van der Waals surface area contributed by atoms with Gasteiger partial charge in [0.05, 0.1) is 12.2 Å². The molecule has 0 aromatic carbocycles. The molecule has 3 saturated carbocycles. The minimum atomic E-state index is -1.88. The van der Waals surface area contributed by atoms with E-state index in [4.69, 9.17) is 14.9 Å². The highest BCUT2D eigenvalue weighted by Gasteiger charge is 2.68. The third-order valence-electron chi connectivity index (χ3n) is 12.7. The second-order valence-corrected chi connectivity index (χ2v) is 18.9. The molecule has 4 nitrogen and oxygen atoms in total. The molecule has 0 aromatic rings. The fraction of sp³-hybridized carbons (Fsp3) is 0.970. The number of Topliss-reactive ketones (excluding diaryl/α,β-unsaturated/α-hetero) is 1. The molecule has 8 atom stereocenters. The number of carbonyl (C=O) groups is 1. The summed E-state index contributed by atoms with van der Waals surface area (Å²) in [5.41, 5.74) is 5.47. The van der Waals surface area contributed by atoms with E-state index in [0.29, 0.717) is 17.6 Å². The van der Waals surface area contributed by atoms with Crippen molar-refractivity contribution in [2.24, 2.45) is 39.7 Å². The highest BCUT2D eigenvalue weighted by Crippen LogP contribution is 2.69. The van der Waals surface area contributed by atoms with E-state index in [2.05, 4.69) is 48.5 Å². The van der Waals surface area contributed by atoms with Crippen LogP contribution in [0.4, 0.5) is 0 Å². The van der Waals surface area contributed by atoms with Crippen molar-refractivity contribution >= 4 is 14.1 Å². The first-order valence-corrected chi connectivity index (χ1v) is 19.0. The van der Waals surface area contributed by atoms with E-state index in [-0.39, 0.29) is 34.4 Å². The van der Waals surface area contributed by atoms with Crippen LogP contribution >= 0.6 is 0 Å². The summed E-state index contributed by atoms with van der Waals surface area (Å²) < 4.78 is 13.9. The summed E-state index contributed by atoms with van der Waals surface area (Å²) in [5, 5.41) is 0. The number of ether oxygens (including phenoxy) is 1. The van der Waals surface area contributed by atoms with Gasteiger partial charge in [-0.15, -0.1) is 0 Å². The highest BCUT2D eigenvalue weighted by molar-refractivity contribution is 6.73. The Morgan fingerprint density at radius 1 is 0.921 bits per heavy atom. The topological polar surface area (TPSA) is 61.5 Å². The number of methoxy groups -OCH3 is 1. The second-order valence-electron chi connectivity index (χ2n) is 14.2. The summed E-state index contributed by atoms with van der Waals surface area (Å²) >= 11 is 0. The lowest BCUT2D eigenvalue weighted by Crippen LogP contribution is -2.64. The van der Waals surface area contributed by atoms with E-state index in [1.165, 1.54) is 38.5 Å². The predicted octanol–water partition coefficient (Wildman–Crippen LogP) is 8.53. The third-order valence-corrected chi connectivity index (χ3v) is 17.3. The molecule has 3 rings (SSSR count). The standard InChI is InChI=1S/C33H63NO3Si/c1-9-38(10-2,11-3)37-28-24-31(6,20-16-14-12-13-15-17-23-34)30(35)26(5)33-21-18-25(4)32(28,7)29(33)27(36-8)19-22-33/h25-29H,9-24,34H2,1-8H3/t25-,26+,27-,28-,29+,31+,32+,33+/m1/s1. The molecule has 222 valence electrons. The molecule has 0 heterocycles. The lowest BCUT2D eigenvalue weighted by molar-refractivity contribution is -0.189. The van der Waals surface area contributed by atoms with Gasteiger partial charge in [0.15, 0.2) is 8.32 Å². The van der Waals surface area contributed by atoms with Crippen molar-refractivity contribution in [2.45, 2.75) is 156 Å². The van der Waals surface area contributed by atoms with Crippen LogP contribution in [0.25, 0.3) is 0 Å². The molecule has 0 unspecified atom stereocenters. The first-order chi connectivity index (χ1) is 18.0. The SMILES string of the molecule is CC[Si](CC)(CC)O[C@@H]1C[C@](C)(CCCCCCCCN)C(=O)[C@H](C)[C@@]23CC[C@@H](C)[C@]1(C)[C@@H]2[C@H](OC)CC3. The predicted molar refractivity (Wildman–Crippen MR) is 163 cm³/mol. The van der Waals surface area contributed by atoms with Crippen molar-refractivity contribution in [3.8, 4) is 0 Å². The van der Waals surface area contributed by atoms with Gasteiger partial charge in [0, 0.05) is 23.9 Å². The summed E-state index contributed by atoms with van der Waals surface area (Å²) in [7, 11) is 0.0367. The number of hydrogen-bond donors (Lipinski definition) is 1. The molecule has 0 aromatic heterocycles. The average molecular weight is 550 g/mol. The molecule has 0 amide bonds. The monoisotopic (exact) mass is 549 g/mol. The van der Waals surface area contributed by atoms with Gasteiger partial charge in [-0.05, 0) is 86.9 Å². The molecular formula is C33H63NO3Si.